The number of hydrogen-bond donors (Lipinski definition) is 0. The van der Waals surface area contributed by atoms with E-state index in [0.29, 0.717) is 31.9 Å². The number of carbonyl (C=O) groups is 1. The summed E-state index contributed by atoms with van der Waals surface area (Å²) in [6.07, 6.45) is 2.29. The Morgan fingerprint density at radius 3 is 2.67 bits per heavy atom. The molecular formula is C24H30N2O4. The Bertz CT molecular complexity index is 843. The van der Waals surface area contributed by atoms with Crippen LogP contribution in [0.1, 0.15) is 30.1 Å². The summed E-state index contributed by atoms with van der Waals surface area (Å²) in [6, 6.07) is 15.6. The zero-order valence-electron chi connectivity index (χ0n) is 17.6. The molecule has 0 aliphatic carbocycles. The first-order valence-electron chi connectivity index (χ1n) is 10.8. The van der Waals surface area contributed by atoms with Crippen molar-refractivity contribution < 1.29 is 19.0 Å². The Kier molecular flexibility index (Phi) is 6.74. The van der Waals surface area contributed by atoms with Crippen molar-refractivity contribution >= 4 is 11.6 Å². The Hall–Kier alpha value is -2.73. The van der Waals surface area contributed by atoms with Crippen molar-refractivity contribution in [1.29, 1.82) is 0 Å². The van der Waals surface area contributed by atoms with Gasteiger partial charge < -0.3 is 24.0 Å². The average molecular weight is 411 g/mol. The van der Waals surface area contributed by atoms with Crippen molar-refractivity contribution in [3.05, 3.63) is 54.1 Å². The van der Waals surface area contributed by atoms with Gasteiger partial charge >= 0.3 is 0 Å². The summed E-state index contributed by atoms with van der Waals surface area (Å²) in [7, 11) is 0. The fourth-order valence-electron chi connectivity index (χ4n) is 4.01. The van der Waals surface area contributed by atoms with Gasteiger partial charge in [-0.3, -0.25) is 4.79 Å². The Morgan fingerprint density at radius 2 is 1.90 bits per heavy atom. The van der Waals surface area contributed by atoms with Gasteiger partial charge in [0.2, 0.25) is 0 Å². The lowest BCUT2D eigenvalue weighted by Crippen LogP contribution is -2.48. The molecule has 0 radical (unpaired) electrons. The summed E-state index contributed by atoms with van der Waals surface area (Å²) in [4.78, 5) is 17.2. The molecule has 2 fully saturated rings. The van der Waals surface area contributed by atoms with Gasteiger partial charge in [0.25, 0.3) is 5.91 Å². The lowest BCUT2D eigenvalue weighted by molar-refractivity contribution is 0.0677. The van der Waals surface area contributed by atoms with Crippen molar-refractivity contribution in [3.63, 3.8) is 0 Å². The van der Waals surface area contributed by atoms with Crippen LogP contribution >= 0.6 is 0 Å². The van der Waals surface area contributed by atoms with Crippen molar-refractivity contribution in [1.82, 2.24) is 4.90 Å². The maximum Gasteiger partial charge on any atom is 0.254 e. The molecule has 0 bridgehead atoms. The zero-order chi connectivity index (χ0) is 20.8. The van der Waals surface area contributed by atoms with Crippen LogP contribution in [-0.2, 0) is 4.74 Å². The minimum atomic E-state index is 0.0512. The summed E-state index contributed by atoms with van der Waals surface area (Å²) in [5.74, 6) is 1.67. The second-order valence-corrected chi connectivity index (χ2v) is 7.65. The summed E-state index contributed by atoms with van der Waals surface area (Å²) in [5.41, 5.74) is 1.76. The predicted octanol–water partition coefficient (Wildman–Crippen LogP) is 3.61. The number of hydrogen-bond acceptors (Lipinski definition) is 5. The predicted molar refractivity (Wildman–Crippen MR) is 117 cm³/mol. The number of piperazine rings is 1. The molecule has 2 aliphatic rings. The summed E-state index contributed by atoms with van der Waals surface area (Å²) >= 11 is 0. The van der Waals surface area contributed by atoms with Crippen LogP contribution in [0.15, 0.2) is 48.5 Å². The van der Waals surface area contributed by atoms with E-state index in [2.05, 4.69) is 11.0 Å². The number of rotatable bonds is 7. The third-order valence-electron chi connectivity index (χ3n) is 5.61. The first-order chi connectivity index (χ1) is 14.7. The number of anilines is 1. The SMILES string of the molecule is CCOc1ccccc1N1CCN(C(=O)c2cccc(OCC3CCCO3)c2)CC1. The number of carbonyl (C=O) groups excluding carboxylic acids is 1. The molecule has 0 N–H and O–H groups in total. The molecule has 1 unspecified atom stereocenters. The minimum absolute atomic E-state index is 0.0512. The number of benzene rings is 2. The van der Waals surface area contributed by atoms with Crippen molar-refractivity contribution in [2.45, 2.75) is 25.9 Å². The highest BCUT2D eigenvalue weighted by molar-refractivity contribution is 5.94. The van der Waals surface area contributed by atoms with E-state index in [4.69, 9.17) is 14.2 Å². The average Bonchev–Trinajstić information content (AvgIpc) is 3.32. The molecule has 2 saturated heterocycles. The fourth-order valence-corrected chi connectivity index (χ4v) is 4.01. The molecule has 2 heterocycles. The quantitative estimate of drug-likeness (QED) is 0.698. The molecule has 30 heavy (non-hydrogen) atoms. The van der Waals surface area contributed by atoms with Gasteiger partial charge in [-0.15, -0.1) is 0 Å². The van der Waals surface area contributed by atoms with E-state index >= 15 is 0 Å². The molecule has 0 spiro atoms. The molecule has 0 aromatic heterocycles. The lowest BCUT2D eigenvalue weighted by atomic mass is 10.1. The smallest absolute Gasteiger partial charge is 0.254 e. The van der Waals surface area contributed by atoms with Crippen molar-refractivity contribution in [2.75, 3.05) is 50.9 Å². The Morgan fingerprint density at radius 1 is 1.07 bits per heavy atom. The molecule has 2 aromatic rings. The van der Waals surface area contributed by atoms with Gasteiger partial charge in [-0.1, -0.05) is 18.2 Å². The normalized spacial score (nSPS) is 19.0. The maximum atomic E-state index is 13.0. The van der Waals surface area contributed by atoms with Crippen molar-refractivity contribution in [2.24, 2.45) is 0 Å². The molecule has 0 saturated carbocycles. The van der Waals surface area contributed by atoms with Gasteiger partial charge in [0.1, 0.15) is 18.1 Å². The van der Waals surface area contributed by atoms with E-state index in [-0.39, 0.29) is 12.0 Å². The molecular weight excluding hydrogens is 380 g/mol. The number of nitrogens with zero attached hydrogens (tertiary/aromatic N) is 2. The Balaban J connectivity index is 1.34. The standard InChI is InChI=1S/C24H30N2O4/c1-2-28-23-11-4-3-10-22(23)25-12-14-26(15-13-25)24(27)19-7-5-8-20(17-19)30-18-21-9-6-16-29-21/h3-5,7-8,10-11,17,21H,2,6,9,12-16,18H2,1H3. The maximum absolute atomic E-state index is 13.0. The number of amides is 1. The first kappa shape index (κ1) is 20.5. The molecule has 6 nitrogen and oxygen atoms in total. The monoisotopic (exact) mass is 410 g/mol. The van der Waals surface area contributed by atoms with Crippen LogP contribution in [0, 0.1) is 0 Å². The Labute approximate surface area is 178 Å². The molecule has 4 rings (SSSR count). The van der Waals surface area contributed by atoms with Gasteiger partial charge in [0.15, 0.2) is 0 Å². The van der Waals surface area contributed by atoms with E-state index in [1.54, 1.807) is 0 Å². The zero-order valence-corrected chi connectivity index (χ0v) is 17.6. The summed E-state index contributed by atoms with van der Waals surface area (Å²) in [6.45, 7) is 6.91. The molecule has 2 aliphatic heterocycles. The van der Waals surface area contributed by atoms with Crippen LogP contribution in [0.5, 0.6) is 11.5 Å². The van der Waals surface area contributed by atoms with Gasteiger partial charge in [0.05, 0.1) is 18.4 Å². The van der Waals surface area contributed by atoms with Gasteiger partial charge in [-0.05, 0) is 50.1 Å². The van der Waals surface area contributed by atoms with E-state index in [1.165, 1.54) is 0 Å². The molecule has 160 valence electrons. The largest absolute Gasteiger partial charge is 0.492 e. The van der Waals surface area contributed by atoms with Crippen LogP contribution in [0.4, 0.5) is 5.69 Å². The van der Waals surface area contributed by atoms with Crippen LogP contribution < -0.4 is 14.4 Å². The molecule has 1 amide bonds. The van der Waals surface area contributed by atoms with E-state index in [0.717, 1.165) is 49.7 Å². The van der Waals surface area contributed by atoms with Crippen LogP contribution in [0.2, 0.25) is 0 Å². The molecule has 2 aromatic carbocycles. The second-order valence-electron chi connectivity index (χ2n) is 7.65. The third-order valence-corrected chi connectivity index (χ3v) is 5.61. The van der Waals surface area contributed by atoms with E-state index < -0.39 is 0 Å². The number of para-hydroxylation sites is 2. The molecule has 6 heteroatoms. The number of ether oxygens (including phenoxy) is 3. The highest BCUT2D eigenvalue weighted by atomic mass is 16.5. The van der Waals surface area contributed by atoms with E-state index in [9.17, 15) is 4.79 Å². The fraction of sp³-hybridized carbons (Fsp3) is 0.458. The summed E-state index contributed by atoms with van der Waals surface area (Å²) in [5, 5.41) is 0. The van der Waals surface area contributed by atoms with E-state index in [1.807, 2.05) is 54.3 Å². The van der Waals surface area contributed by atoms with Crippen LogP contribution in [0.3, 0.4) is 0 Å². The van der Waals surface area contributed by atoms with Crippen LogP contribution in [-0.4, -0.2) is 62.9 Å². The highest BCUT2D eigenvalue weighted by Crippen LogP contribution is 2.29. The topological polar surface area (TPSA) is 51.2 Å². The van der Waals surface area contributed by atoms with Gasteiger partial charge in [0, 0.05) is 38.3 Å². The third kappa shape index (κ3) is 4.87. The minimum Gasteiger partial charge on any atom is -0.492 e. The van der Waals surface area contributed by atoms with Crippen molar-refractivity contribution in [3.8, 4) is 11.5 Å². The van der Waals surface area contributed by atoms with Crippen LogP contribution in [0.25, 0.3) is 0 Å². The first-order valence-corrected chi connectivity index (χ1v) is 10.8. The van der Waals surface area contributed by atoms with Gasteiger partial charge in [-0.25, -0.2) is 0 Å². The second kappa shape index (κ2) is 9.85. The highest BCUT2D eigenvalue weighted by Gasteiger charge is 2.24. The lowest BCUT2D eigenvalue weighted by Gasteiger charge is -2.36. The summed E-state index contributed by atoms with van der Waals surface area (Å²) < 4.78 is 17.2. The van der Waals surface area contributed by atoms with Gasteiger partial charge in [-0.2, -0.15) is 0 Å². The molecule has 1 atom stereocenters.